The van der Waals surface area contributed by atoms with Crippen molar-refractivity contribution in [1.29, 1.82) is 0 Å². The Hall–Kier alpha value is -2.87. The van der Waals surface area contributed by atoms with Gasteiger partial charge < -0.3 is 9.80 Å². The number of anilines is 1. The number of piperidine rings is 2. The molecule has 2 aliphatic rings. The van der Waals surface area contributed by atoms with Crippen molar-refractivity contribution in [2.45, 2.75) is 38.6 Å². The van der Waals surface area contributed by atoms with Crippen molar-refractivity contribution >= 4 is 17.0 Å². The molecule has 0 N–H and O–H groups in total. The zero-order valence-electron chi connectivity index (χ0n) is 18.2. The van der Waals surface area contributed by atoms with E-state index in [1.54, 1.807) is 12.3 Å². The number of rotatable bonds is 3. The van der Waals surface area contributed by atoms with Crippen LogP contribution in [0.5, 0.6) is 0 Å². The van der Waals surface area contributed by atoms with E-state index in [-0.39, 0.29) is 5.65 Å². The number of hydrogen-bond acceptors (Lipinski definition) is 5. The van der Waals surface area contributed by atoms with Gasteiger partial charge in [0.1, 0.15) is 17.3 Å². The van der Waals surface area contributed by atoms with E-state index in [0.717, 1.165) is 48.5 Å². The summed E-state index contributed by atoms with van der Waals surface area (Å²) in [6.45, 7) is 6.28. The standard InChI is InChI=1S/C24H27F2N5O/c1-16-7-11-29(12-8-16)18-9-13-30(14-10-18)24-27-15-17-5-6-21(32)31(23(17)28-24)22-19(25)3-2-4-20(22)26/h2-6,15-16,18H,7-14H2,1H3. The molecule has 2 fully saturated rings. The maximum absolute atomic E-state index is 14.5. The van der Waals surface area contributed by atoms with Gasteiger partial charge in [-0.05, 0) is 62.9 Å². The van der Waals surface area contributed by atoms with Crippen molar-refractivity contribution < 1.29 is 8.78 Å². The third-order valence-electron chi connectivity index (χ3n) is 6.86. The maximum Gasteiger partial charge on any atom is 0.256 e. The fourth-order valence-electron chi connectivity index (χ4n) is 4.91. The molecule has 2 aromatic heterocycles. The van der Waals surface area contributed by atoms with Crippen LogP contribution in [-0.4, -0.2) is 51.7 Å². The van der Waals surface area contributed by atoms with Crippen molar-refractivity contribution in [3.05, 3.63) is 58.5 Å². The summed E-state index contributed by atoms with van der Waals surface area (Å²) in [5, 5.41) is 0.549. The van der Waals surface area contributed by atoms with Gasteiger partial charge in [-0.15, -0.1) is 0 Å². The van der Waals surface area contributed by atoms with Crippen LogP contribution < -0.4 is 10.5 Å². The molecular weight excluding hydrogens is 412 g/mol. The summed E-state index contributed by atoms with van der Waals surface area (Å²) in [7, 11) is 0. The second-order valence-corrected chi connectivity index (χ2v) is 8.96. The quantitative estimate of drug-likeness (QED) is 0.622. The van der Waals surface area contributed by atoms with E-state index in [9.17, 15) is 13.6 Å². The van der Waals surface area contributed by atoms with E-state index in [1.165, 1.54) is 38.1 Å². The number of nitrogens with zero attached hydrogens (tertiary/aromatic N) is 5. The van der Waals surface area contributed by atoms with Gasteiger partial charge >= 0.3 is 0 Å². The fourth-order valence-corrected chi connectivity index (χ4v) is 4.91. The molecule has 2 saturated heterocycles. The summed E-state index contributed by atoms with van der Waals surface area (Å²) in [4.78, 5) is 26.4. The SMILES string of the molecule is CC1CCN(C2CCN(c3ncc4ccc(=O)n(-c5c(F)cccc5F)c4n3)CC2)CC1. The highest BCUT2D eigenvalue weighted by Crippen LogP contribution is 2.26. The molecule has 168 valence electrons. The predicted molar refractivity (Wildman–Crippen MR) is 120 cm³/mol. The Balaban J connectivity index is 1.44. The molecule has 0 aliphatic carbocycles. The molecule has 0 amide bonds. The topological polar surface area (TPSA) is 54.3 Å². The zero-order valence-corrected chi connectivity index (χ0v) is 18.2. The third-order valence-corrected chi connectivity index (χ3v) is 6.86. The van der Waals surface area contributed by atoms with Gasteiger partial charge in [-0.25, -0.2) is 13.8 Å². The van der Waals surface area contributed by atoms with E-state index in [0.29, 0.717) is 17.4 Å². The third kappa shape index (κ3) is 3.88. The Bertz CT molecular complexity index is 1160. The first-order chi connectivity index (χ1) is 15.5. The first kappa shape index (κ1) is 21.0. The molecule has 6 nitrogen and oxygen atoms in total. The van der Waals surface area contributed by atoms with Gasteiger partial charge in [0.25, 0.3) is 5.56 Å². The number of fused-ring (bicyclic) bond motifs is 1. The smallest absolute Gasteiger partial charge is 0.256 e. The summed E-state index contributed by atoms with van der Waals surface area (Å²) in [6, 6.07) is 6.99. The Morgan fingerprint density at radius 1 is 0.938 bits per heavy atom. The van der Waals surface area contributed by atoms with Crippen molar-refractivity contribution in [1.82, 2.24) is 19.4 Å². The molecule has 2 aliphatic heterocycles. The van der Waals surface area contributed by atoms with Crippen LogP contribution >= 0.6 is 0 Å². The lowest BCUT2D eigenvalue weighted by Gasteiger charge is -2.41. The van der Waals surface area contributed by atoms with Gasteiger partial charge in [0.2, 0.25) is 5.95 Å². The van der Waals surface area contributed by atoms with E-state index >= 15 is 0 Å². The van der Waals surface area contributed by atoms with Crippen LogP contribution in [-0.2, 0) is 0 Å². The Morgan fingerprint density at radius 3 is 2.31 bits per heavy atom. The van der Waals surface area contributed by atoms with Gasteiger partial charge in [0.15, 0.2) is 5.65 Å². The second-order valence-electron chi connectivity index (χ2n) is 8.96. The number of likely N-dealkylation sites (tertiary alicyclic amines) is 1. The van der Waals surface area contributed by atoms with Crippen LogP contribution in [0.25, 0.3) is 16.7 Å². The first-order valence-electron chi connectivity index (χ1n) is 11.3. The molecule has 32 heavy (non-hydrogen) atoms. The molecule has 8 heteroatoms. The molecule has 0 atom stereocenters. The van der Waals surface area contributed by atoms with Crippen LogP contribution in [0, 0.1) is 17.6 Å². The van der Waals surface area contributed by atoms with Crippen molar-refractivity contribution in [2.24, 2.45) is 5.92 Å². The normalized spacial score (nSPS) is 19.0. The van der Waals surface area contributed by atoms with Crippen LogP contribution in [0.4, 0.5) is 14.7 Å². The van der Waals surface area contributed by atoms with Crippen LogP contribution in [0.2, 0.25) is 0 Å². The molecule has 1 aromatic carbocycles. The van der Waals surface area contributed by atoms with Gasteiger partial charge in [0.05, 0.1) is 0 Å². The molecule has 4 heterocycles. The molecule has 5 rings (SSSR count). The number of halogens is 2. The van der Waals surface area contributed by atoms with E-state index in [4.69, 9.17) is 0 Å². The monoisotopic (exact) mass is 439 g/mol. The number of para-hydroxylation sites is 1. The Morgan fingerprint density at radius 2 is 1.62 bits per heavy atom. The van der Waals surface area contributed by atoms with Crippen molar-refractivity contribution in [2.75, 3.05) is 31.1 Å². The average molecular weight is 440 g/mol. The van der Waals surface area contributed by atoms with Crippen LogP contribution in [0.15, 0.2) is 41.3 Å². The molecule has 0 radical (unpaired) electrons. The van der Waals surface area contributed by atoms with Gasteiger partial charge in [0, 0.05) is 36.8 Å². The fraction of sp³-hybridized carbons (Fsp3) is 0.458. The van der Waals surface area contributed by atoms with Gasteiger partial charge in [-0.2, -0.15) is 4.98 Å². The summed E-state index contributed by atoms with van der Waals surface area (Å²) < 4.78 is 30.0. The summed E-state index contributed by atoms with van der Waals surface area (Å²) >= 11 is 0. The van der Waals surface area contributed by atoms with Gasteiger partial charge in [-0.1, -0.05) is 13.0 Å². The number of aromatic nitrogens is 3. The molecule has 0 spiro atoms. The lowest BCUT2D eigenvalue weighted by atomic mass is 9.95. The first-order valence-corrected chi connectivity index (χ1v) is 11.3. The minimum absolute atomic E-state index is 0.207. The number of hydrogen-bond donors (Lipinski definition) is 0. The second kappa shape index (κ2) is 8.58. The summed E-state index contributed by atoms with van der Waals surface area (Å²) in [5.74, 6) is -0.318. The van der Waals surface area contributed by atoms with Crippen LogP contribution in [0.1, 0.15) is 32.6 Å². The molecule has 0 bridgehead atoms. The van der Waals surface area contributed by atoms with E-state index in [1.807, 2.05) is 0 Å². The minimum Gasteiger partial charge on any atom is -0.341 e. The summed E-state index contributed by atoms with van der Waals surface area (Å²) in [5.41, 5.74) is -0.742. The highest BCUT2D eigenvalue weighted by Gasteiger charge is 2.28. The van der Waals surface area contributed by atoms with E-state index in [2.05, 4.69) is 26.7 Å². The Kier molecular flexibility index (Phi) is 5.63. The zero-order chi connectivity index (χ0) is 22.2. The van der Waals surface area contributed by atoms with Crippen molar-refractivity contribution in [3.63, 3.8) is 0 Å². The number of benzene rings is 1. The average Bonchev–Trinajstić information content (AvgIpc) is 2.80. The van der Waals surface area contributed by atoms with E-state index < -0.39 is 22.9 Å². The lowest BCUT2D eigenvalue weighted by molar-refractivity contribution is 0.120. The Labute approximate surface area is 185 Å². The van der Waals surface area contributed by atoms with Crippen LogP contribution in [0.3, 0.4) is 0 Å². The van der Waals surface area contributed by atoms with Crippen molar-refractivity contribution in [3.8, 4) is 5.69 Å². The number of pyridine rings is 1. The molecule has 3 aromatic rings. The molecule has 0 unspecified atom stereocenters. The van der Waals surface area contributed by atoms with Gasteiger partial charge in [-0.3, -0.25) is 9.36 Å². The molecular formula is C24H27F2N5O. The minimum atomic E-state index is -0.809. The maximum atomic E-state index is 14.5. The lowest BCUT2D eigenvalue weighted by Crippen LogP contribution is -2.48. The predicted octanol–water partition coefficient (Wildman–Crippen LogP) is 3.76. The summed E-state index contributed by atoms with van der Waals surface area (Å²) in [6.07, 6.45) is 6.19. The molecule has 0 saturated carbocycles. The highest BCUT2D eigenvalue weighted by atomic mass is 19.1. The largest absolute Gasteiger partial charge is 0.341 e. The highest BCUT2D eigenvalue weighted by molar-refractivity contribution is 5.77.